The minimum Gasteiger partial charge on any atom is -0.507 e. The predicted molar refractivity (Wildman–Crippen MR) is 90.6 cm³/mol. The van der Waals surface area contributed by atoms with Crippen LogP contribution in [-0.4, -0.2) is 22.0 Å². The summed E-state index contributed by atoms with van der Waals surface area (Å²) in [6.45, 7) is 3.91. The van der Waals surface area contributed by atoms with Gasteiger partial charge in [0.2, 0.25) is 0 Å². The van der Waals surface area contributed by atoms with Crippen LogP contribution in [0.15, 0.2) is 23.3 Å². The molecule has 1 aromatic rings. The van der Waals surface area contributed by atoms with Gasteiger partial charge in [-0.15, -0.1) is 0 Å². The number of hydrogen-bond donors (Lipinski definition) is 3. The second-order valence-electron chi connectivity index (χ2n) is 5.81. The fourth-order valence-corrected chi connectivity index (χ4v) is 2.92. The van der Waals surface area contributed by atoms with E-state index in [-0.39, 0.29) is 5.75 Å². The van der Waals surface area contributed by atoms with E-state index in [0.29, 0.717) is 28.3 Å². The molecule has 6 heteroatoms. The van der Waals surface area contributed by atoms with Crippen molar-refractivity contribution in [2.24, 2.45) is 11.0 Å². The van der Waals surface area contributed by atoms with Gasteiger partial charge in [0.25, 0.3) is 0 Å². The van der Waals surface area contributed by atoms with Crippen LogP contribution in [0.25, 0.3) is 0 Å². The molecule has 2 atom stereocenters. The summed E-state index contributed by atoms with van der Waals surface area (Å²) in [6.07, 6.45) is 4.80. The summed E-state index contributed by atoms with van der Waals surface area (Å²) in [5, 5.41) is 17.6. The van der Waals surface area contributed by atoms with Crippen molar-refractivity contribution in [3.63, 3.8) is 0 Å². The third kappa shape index (κ3) is 4.40. The topological polar surface area (TPSA) is 56.7 Å². The molecular formula is C16H22FN3OS. The fraction of sp³-hybridized carbons (Fsp3) is 0.500. The first kappa shape index (κ1) is 16.7. The Morgan fingerprint density at radius 1 is 1.36 bits per heavy atom. The van der Waals surface area contributed by atoms with Gasteiger partial charge in [-0.05, 0) is 56.1 Å². The minimum atomic E-state index is -0.418. The zero-order valence-corrected chi connectivity index (χ0v) is 13.7. The Morgan fingerprint density at radius 3 is 2.82 bits per heavy atom. The van der Waals surface area contributed by atoms with Crippen LogP contribution in [-0.2, 0) is 0 Å². The summed E-state index contributed by atoms with van der Waals surface area (Å²) in [5.74, 6) is 0.161. The monoisotopic (exact) mass is 323 g/mol. The molecule has 22 heavy (non-hydrogen) atoms. The van der Waals surface area contributed by atoms with Crippen molar-refractivity contribution in [2.45, 2.75) is 45.6 Å². The van der Waals surface area contributed by atoms with Crippen molar-refractivity contribution < 1.29 is 9.50 Å². The van der Waals surface area contributed by atoms with Crippen LogP contribution < -0.4 is 10.7 Å². The van der Waals surface area contributed by atoms with Crippen molar-refractivity contribution in [2.75, 3.05) is 0 Å². The molecule has 1 aliphatic carbocycles. The zero-order valence-electron chi connectivity index (χ0n) is 12.9. The molecule has 0 aromatic heterocycles. The lowest BCUT2D eigenvalue weighted by atomic mass is 9.86. The van der Waals surface area contributed by atoms with E-state index < -0.39 is 5.82 Å². The summed E-state index contributed by atoms with van der Waals surface area (Å²) in [4.78, 5) is 0. The van der Waals surface area contributed by atoms with E-state index in [9.17, 15) is 9.50 Å². The number of hydrogen-bond acceptors (Lipinski definition) is 3. The molecule has 1 aromatic carbocycles. The number of nitrogens with one attached hydrogen (secondary N) is 2. The van der Waals surface area contributed by atoms with Gasteiger partial charge < -0.3 is 10.4 Å². The zero-order chi connectivity index (χ0) is 16.1. The first-order valence-electron chi connectivity index (χ1n) is 7.57. The molecule has 0 amide bonds. The maximum Gasteiger partial charge on any atom is 0.187 e. The summed E-state index contributed by atoms with van der Waals surface area (Å²) < 4.78 is 13.2. The van der Waals surface area contributed by atoms with E-state index in [1.165, 1.54) is 37.5 Å². The van der Waals surface area contributed by atoms with Crippen LogP contribution >= 0.6 is 12.2 Å². The van der Waals surface area contributed by atoms with E-state index in [1.807, 2.05) is 0 Å². The van der Waals surface area contributed by atoms with Gasteiger partial charge in [0.15, 0.2) is 5.11 Å². The third-order valence-corrected chi connectivity index (χ3v) is 4.31. The molecule has 0 aliphatic heterocycles. The van der Waals surface area contributed by atoms with Crippen LogP contribution in [0.4, 0.5) is 4.39 Å². The smallest absolute Gasteiger partial charge is 0.187 e. The molecule has 1 aliphatic rings. The average molecular weight is 323 g/mol. The molecule has 1 fully saturated rings. The number of phenolic OH excluding ortho intramolecular Hbond substituents is 1. The highest BCUT2D eigenvalue weighted by Gasteiger charge is 2.21. The van der Waals surface area contributed by atoms with Crippen LogP contribution in [0.5, 0.6) is 5.75 Å². The first-order valence-corrected chi connectivity index (χ1v) is 7.98. The Balaban J connectivity index is 1.95. The molecule has 0 unspecified atom stereocenters. The van der Waals surface area contributed by atoms with Crippen LogP contribution in [0.3, 0.4) is 0 Å². The predicted octanol–water partition coefficient (Wildman–Crippen LogP) is 3.30. The molecule has 0 saturated heterocycles. The molecule has 0 radical (unpaired) electrons. The second-order valence-corrected chi connectivity index (χ2v) is 6.22. The lowest BCUT2D eigenvalue weighted by Crippen LogP contribution is -2.44. The van der Waals surface area contributed by atoms with E-state index in [1.54, 1.807) is 6.92 Å². The van der Waals surface area contributed by atoms with Crippen molar-refractivity contribution >= 4 is 23.0 Å². The van der Waals surface area contributed by atoms with Gasteiger partial charge in [-0.3, -0.25) is 5.43 Å². The Labute approximate surface area is 135 Å². The van der Waals surface area contributed by atoms with Crippen molar-refractivity contribution in [3.8, 4) is 5.75 Å². The first-order chi connectivity index (χ1) is 10.5. The second kappa shape index (κ2) is 7.54. The Bertz CT molecular complexity index is 577. The number of benzene rings is 1. The van der Waals surface area contributed by atoms with Crippen molar-refractivity contribution in [3.05, 3.63) is 29.6 Å². The summed E-state index contributed by atoms with van der Waals surface area (Å²) in [5.41, 5.74) is 3.59. The van der Waals surface area contributed by atoms with Gasteiger partial charge in [-0.2, -0.15) is 5.10 Å². The summed E-state index contributed by atoms with van der Waals surface area (Å²) >= 11 is 5.25. The fourth-order valence-electron chi connectivity index (χ4n) is 2.72. The van der Waals surface area contributed by atoms with Gasteiger partial charge in [0.05, 0.1) is 5.71 Å². The highest BCUT2D eigenvalue weighted by molar-refractivity contribution is 7.80. The molecule has 1 saturated carbocycles. The van der Waals surface area contributed by atoms with E-state index in [2.05, 4.69) is 22.8 Å². The lowest BCUT2D eigenvalue weighted by molar-refractivity contribution is 0.308. The van der Waals surface area contributed by atoms with Gasteiger partial charge in [-0.25, -0.2) is 4.39 Å². The number of aromatic hydroxyl groups is 1. The molecule has 0 bridgehead atoms. The standard InChI is InChI=1S/C16H22FN3OS/c1-10-5-3-4-6-14(10)18-16(22)20-19-11(2)13-9-12(17)7-8-15(13)21/h7-10,14,21H,3-6H2,1-2H3,(H2,18,20,22)/b19-11+/t10-,14+/m1/s1. The van der Waals surface area contributed by atoms with E-state index >= 15 is 0 Å². The van der Waals surface area contributed by atoms with Crippen LogP contribution in [0.1, 0.15) is 45.1 Å². The van der Waals surface area contributed by atoms with Gasteiger partial charge in [-0.1, -0.05) is 19.8 Å². The van der Waals surface area contributed by atoms with Gasteiger partial charge in [0, 0.05) is 11.6 Å². The van der Waals surface area contributed by atoms with Crippen LogP contribution in [0, 0.1) is 11.7 Å². The van der Waals surface area contributed by atoms with Crippen LogP contribution in [0.2, 0.25) is 0 Å². The maximum absolute atomic E-state index is 13.2. The number of rotatable bonds is 3. The number of thiocarbonyl (C=S) groups is 1. The Hall–Kier alpha value is -1.69. The maximum atomic E-state index is 13.2. The minimum absolute atomic E-state index is 0.00997. The number of halogens is 1. The lowest BCUT2D eigenvalue weighted by Gasteiger charge is -2.30. The summed E-state index contributed by atoms with van der Waals surface area (Å²) in [6, 6.07) is 4.13. The Morgan fingerprint density at radius 2 is 2.09 bits per heavy atom. The molecule has 0 heterocycles. The largest absolute Gasteiger partial charge is 0.507 e. The molecule has 2 rings (SSSR count). The van der Waals surface area contributed by atoms with E-state index in [0.717, 1.165) is 6.42 Å². The van der Waals surface area contributed by atoms with Crippen molar-refractivity contribution in [1.82, 2.24) is 10.7 Å². The van der Waals surface area contributed by atoms with Gasteiger partial charge >= 0.3 is 0 Å². The highest BCUT2D eigenvalue weighted by Crippen LogP contribution is 2.23. The highest BCUT2D eigenvalue weighted by atomic mass is 32.1. The average Bonchev–Trinajstić information content (AvgIpc) is 2.49. The number of phenols is 1. The molecule has 120 valence electrons. The third-order valence-electron chi connectivity index (χ3n) is 4.10. The van der Waals surface area contributed by atoms with Gasteiger partial charge in [0.1, 0.15) is 11.6 Å². The molecule has 0 spiro atoms. The quantitative estimate of drug-likeness (QED) is 0.454. The molecular weight excluding hydrogens is 301 g/mol. The van der Waals surface area contributed by atoms with E-state index in [4.69, 9.17) is 12.2 Å². The molecule has 3 N–H and O–H groups in total. The molecule has 4 nitrogen and oxygen atoms in total. The van der Waals surface area contributed by atoms with Crippen molar-refractivity contribution in [1.29, 1.82) is 0 Å². The SMILES string of the molecule is C/C(=N\NC(=S)N[C@H]1CCCC[C@H]1C)c1cc(F)ccc1O. The Kier molecular flexibility index (Phi) is 5.71. The number of hydrazone groups is 1. The normalized spacial score (nSPS) is 22.2. The number of nitrogens with zero attached hydrogens (tertiary/aromatic N) is 1. The summed E-state index contributed by atoms with van der Waals surface area (Å²) in [7, 11) is 0.